The Balaban J connectivity index is 2.76. The molecule has 0 aromatic carbocycles. The summed E-state index contributed by atoms with van der Waals surface area (Å²) < 4.78 is 0. The molecule has 0 aliphatic rings. The fourth-order valence-electron chi connectivity index (χ4n) is 3.18. The summed E-state index contributed by atoms with van der Waals surface area (Å²) in [4.78, 5) is 60.1. The van der Waals surface area contributed by atoms with Gasteiger partial charge in [0.05, 0.1) is 12.4 Å². The van der Waals surface area contributed by atoms with E-state index in [1.54, 1.807) is 0 Å². The molecule has 0 spiro atoms. The average Bonchev–Trinajstić information content (AvgIpc) is 3.33. The van der Waals surface area contributed by atoms with Crippen LogP contribution in [0.15, 0.2) is 17.5 Å². The summed E-state index contributed by atoms with van der Waals surface area (Å²) in [6.07, 6.45) is 5.19. The Morgan fingerprint density at radius 1 is 1.03 bits per heavy atom. The lowest BCUT2D eigenvalue weighted by molar-refractivity contribution is -0.142. The number of aliphatic carboxylic acids is 1. The number of aromatic amines is 1. The standard InChI is InChI=1S/C21H38N10O5/c1-12(17(32)30-15(20(35)36)6-4-8-27-21(24)25)29-19(34)16(9-13-10-26-11-28-13)31-18(33)14(23)5-2-3-7-22/h10-12,14-16H,2-9,22-23H2,1H3,(H,26,28)(H,29,34)(H,30,32)(H,31,33)(H,35,36)(H4,24,25,27). The third-order valence-corrected chi connectivity index (χ3v) is 5.23. The van der Waals surface area contributed by atoms with Crippen LogP contribution in [0.1, 0.15) is 44.7 Å². The summed E-state index contributed by atoms with van der Waals surface area (Å²) in [6, 6.07) is -4.16. The Labute approximate surface area is 209 Å². The van der Waals surface area contributed by atoms with E-state index in [-0.39, 0.29) is 25.3 Å². The number of H-pyrrole nitrogens is 1. The van der Waals surface area contributed by atoms with Gasteiger partial charge in [0.25, 0.3) is 0 Å². The van der Waals surface area contributed by atoms with Gasteiger partial charge >= 0.3 is 5.97 Å². The molecule has 15 heteroatoms. The molecule has 0 bridgehead atoms. The Bertz CT molecular complexity index is 872. The first-order valence-corrected chi connectivity index (χ1v) is 11.7. The minimum Gasteiger partial charge on any atom is -0.480 e. The summed E-state index contributed by atoms with van der Waals surface area (Å²) in [5.41, 5.74) is 22.4. The van der Waals surface area contributed by atoms with E-state index in [9.17, 15) is 24.3 Å². The molecule has 15 nitrogen and oxygen atoms in total. The van der Waals surface area contributed by atoms with Crippen molar-refractivity contribution in [3.8, 4) is 0 Å². The van der Waals surface area contributed by atoms with Crippen LogP contribution >= 0.6 is 0 Å². The second kappa shape index (κ2) is 16.0. The molecule has 0 aliphatic heterocycles. The number of amides is 3. The second-order valence-corrected chi connectivity index (χ2v) is 8.31. The fourth-order valence-corrected chi connectivity index (χ4v) is 3.18. The molecule has 0 fully saturated rings. The van der Waals surface area contributed by atoms with Gasteiger partial charge in [-0.25, -0.2) is 9.78 Å². The molecule has 1 heterocycles. The highest BCUT2D eigenvalue weighted by Gasteiger charge is 2.28. The molecular weight excluding hydrogens is 472 g/mol. The molecule has 1 aromatic heterocycles. The van der Waals surface area contributed by atoms with Crippen LogP contribution in [0.3, 0.4) is 0 Å². The maximum atomic E-state index is 12.9. The number of nitrogens with two attached hydrogens (primary N) is 4. The monoisotopic (exact) mass is 510 g/mol. The third-order valence-electron chi connectivity index (χ3n) is 5.23. The number of rotatable bonds is 17. The van der Waals surface area contributed by atoms with Crippen LogP contribution in [-0.2, 0) is 25.6 Å². The summed E-state index contributed by atoms with van der Waals surface area (Å²) in [5, 5.41) is 16.9. The van der Waals surface area contributed by atoms with Crippen molar-refractivity contribution in [1.82, 2.24) is 25.9 Å². The lowest BCUT2D eigenvalue weighted by atomic mass is 10.1. The van der Waals surface area contributed by atoms with Crippen LogP contribution in [0.5, 0.6) is 0 Å². The van der Waals surface area contributed by atoms with Crippen molar-refractivity contribution in [2.24, 2.45) is 27.9 Å². The lowest BCUT2D eigenvalue weighted by Gasteiger charge is -2.23. The number of hydrogen-bond donors (Lipinski definition) is 9. The first-order valence-electron chi connectivity index (χ1n) is 11.7. The smallest absolute Gasteiger partial charge is 0.326 e. The van der Waals surface area contributed by atoms with Gasteiger partial charge in [-0.3, -0.25) is 19.4 Å². The number of aliphatic imine (C=N–C) groups is 1. The molecular formula is C21H38N10O5. The SMILES string of the molecule is CC(NC(=O)C(Cc1cnc[nH]1)NC(=O)C(N)CCCCN)C(=O)NC(CCCN=C(N)N)C(=O)O. The number of hydrogen-bond acceptors (Lipinski definition) is 8. The van der Waals surface area contributed by atoms with Gasteiger partial charge in [0, 0.05) is 24.9 Å². The van der Waals surface area contributed by atoms with Crippen molar-refractivity contribution < 1.29 is 24.3 Å². The van der Waals surface area contributed by atoms with Crippen LogP contribution in [0.4, 0.5) is 0 Å². The Morgan fingerprint density at radius 3 is 2.31 bits per heavy atom. The maximum Gasteiger partial charge on any atom is 0.326 e. The molecule has 0 radical (unpaired) electrons. The normalized spacial score (nSPS) is 14.1. The van der Waals surface area contributed by atoms with Crippen LogP contribution in [0.25, 0.3) is 0 Å². The number of nitrogens with one attached hydrogen (secondary N) is 4. The van der Waals surface area contributed by atoms with Gasteiger partial charge in [-0.2, -0.15) is 0 Å². The van der Waals surface area contributed by atoms with Crippen molar-refractivity contribution in [1.29, 1.82) is 0 Å². The van der Waals surface area contributed by atoms with Gasteiger partial charge in [0.1, 0.15) is 18.1 Å². The van der Waals surface area contributed by atoms with Gasteiger partial charge in [0.15, 0.2) is 5.96 Å². The minimum atomic E-state index is -1.24. The summed E-state index contributed by atoms with van der Waals surface area (Å²) in [5.74, 6) is -3.22. The number of imidazole rings is 1. The van der Waals surface area contributed by atoms with E-state index in [2.05, 4.69) is 30.9 Å². The number of guanidine groups is 1. The van der Waals surface area contributed by atoms with E-state index in [1.165, 1.54) is 19.4 Å². The highest BCUT2D eigenvalue weighted by atomic mass is 16.4. The molecule has 1 rings (SSSR count). The molecule has 0 saturated heterocycles. The molecule has 3 amide bonds. The summed E-state index contributed by atoms with van der Waals surface area (Å²) in [7, 11) is 0. The van der Waals surface area contributed by atoms with Crippen molar-refractivity contribution in [3.63, 3.8) is 0 Å². The number of carboxylic acid groups (broad SMARTS) is 1. The van der Waals surface area contributed by atoms with Gasteiger partial charge < -0.3 is 49.0 Å². The molecule has 13 N–H and O–H groups in total. The van der Waals surface area contributed by atoms with E-state index < -0.39 is 47.9 Å². The summed E-state index contributed by atoms with van der Waals surface area (Å²) in [6.45, 7) is 2.09. The first-order chi connectivity index (χ1) is 17.0. The van der Waals surface area contributed by atoms with Crippen molar-refractivity contribution in [2.45, 2.75) is 69.6 Å². The Kier molecular flexibility index (Phi) is 13.5. The number of aromatic nitrogens is 2. The summed E-state index contributed by atoms with van der Waals surface area (Å²) >= 11 is 0. The predicted molar refractivity (Wildman–Crippen MR) is 132 cm³/mol. The second-order valence-electron chi connectivity index (χ2n) is 8.31. The highest BCUT2D eigenvalue weighted by Crippen LogP contribution is 2.04. The maximum absolute atomic E-state index is 12.9. The molecule has 202 valence electrons. The third kappa shape index (κ3) is 11.6. The highest BCUT2D eigenvalue weighted by molar-refractivity contribution is 5.94. The molecule has 4 atom stereocenters. The minimum absolute atomic E-state index is 0.0734. The largest absolute Gasteiger partial charge is 0.480 e. The van der Waals surface area contributed by atoms with Gasteiger partial charge in [-0.05, 0) is 39.2 Å². The number of carbonyl (C=O) groups is 4. The van der Waals surface area contributed by atoms with E-state index in [0.717, 1.165) is 6.42 Å². The van der Waals surface area contributed by atoms with Crippen molar-refractivity contribution in [2.75, 3.05) is 13.1 Å². The van der Waals surface area contributed by atoms with E-state index in [1.807, 2.05) is 0 Å². The van der Waals surface area contributed by atoms with Crippen molar-refractivity contribution >= 4 is 29.7 Å². The van der Waals surface area contributed by atoms with Crippen LogP contribution in [-0.4, -0.2) is 82.0 Å². The van der Waals surface area contributed by atoms with E-state index in [0.29, 0.717) is 31.5 Å². The molecule has 1 aromatic rings. The first kappa shape index (κ1) is 30.3. The molecule has 36 heavy (non-hydrogen) atoms. The Hall–Kier alpha value is -3.72. The number of carbonyl (C=O) groups excluding carboxylic acids is 3. The lowest BCUT2D eigenvalue weighted by Crippen LogP contribution is -2.56. The predicted octanol–water partition coefficient (Wildman–Crippen LogP) is -2.98. The quantitative estimate of drug-likeness (QED) is 0.0582. The van der Waals surface area contributed by atoms with E-state index >= 15 is 0 Å². The van der Waals surface area contributed by atoms with Gasteiger partial charge in [0.2, 0.25) is 17.7 Å². The van der Waals surface area contributed by atoms with Crippen LogP contribution in [0.2, 0.25) is 0 Å². The molecule has 4 unspecified atom stereocenters. The van der Waals surface area contributed by atoms with Gasteiger partial charge in [-0.1, -0.05) is 6.42 Å². The average molecular weight is 511 g/mol. The molecule has 0 saturated carbocycles. The zero-order valence-corrected chi connectivity index (χ0v) is 20.4. The molecule has 0 aliphatic carbocycles. The van der Waals surface area contributed by atoms with Crippen LogP contribution in [0, 0.1) is 0 Å². The van der Waals surface area contributed by atoms with Crippen LogP contribution < -0.4 is 38.9 Å². The van der Waals surface area contributed by atoms with Crippen molar-refractivity contribution in [3.05, 3.63) is 18.2 Å². The topological polar surface area (TPSA) is 270 Å². The zero-order chi connectivity index (χ0) is 27.1. The Morgan fingerprint density at radius 2 is 1.72 bits per heavy atom. The number of carboxylic acids is 1. The number of unbranched alkanes of at least 4 members (excludes halogenated alkanes) is 1. The number of nitrogens with zero attached hydrogens (tertiary/aromatic N) is 2. The van der Waals surface area contributed by atoms with E-state index in [4.69, 9.17) is 22.9 Å². The van der Waals surface area contributed by atoms with Gasteiger partial charge in [-0.15, -0.1) is 0 Å². The fraction of sp³-hybridized carbons (Fsp3) is 0.619. The zero-order valence-electron chi connectivity index (χ0n) is 20.4.